The van der Waals surface area contributed by atoms with Crippen molar-refractivity contribution in [2.45, 2.75) is 43.8 Å². The number of hydrogen-bond donors (Lipinski definition) is 0. The van der Waals surface area contributed by atoms with Crippen LogP contribution in [-0.4, -0.2) is 16.8 Å². The van der Waals surface area contributed by atoms with Gasteiger partial charge < -0.3 is 4.79 Å². The standard InChI is InChI=1S/C11H18OS/c1-9(10-3-4-10)7-11(8-12)5-2-6-13-11/h8-10H,2-7H2,1H3. The van der Waals surface area contributed by atoms with Crippen molar-refractivity contribution < 1.29 is 4.79 Å². The van der Waals surface area contributed by atoms with Gasteiger partial charge in [0.15, 0.2) is 0 Å². The molecule has 1 aliphatic heterocycles. The van der Waals surface area contributed by atoms with Crippen molar-refractivity contribution >= 4 is 18.0 Å². The van der Waals surface area contributed by atoms with Crippen LogP contribution in [0.2, 0.25) is 0 Å². The zero-order valence-corrected chi connectivity index (χ0v) is 9.11. The molecule has 2 heteroatoms. The smallest absolute Gasteiger partial charge is 0.136 e. The Morgan fingerprint density at radius 3 is 2.85 bits per heavy atom. The Morgan fingerprint density at radius 2 is 2.38 bits per heavy atom. The molecule has 0 aromatic heterocycles. The molecule has 2 rings (SSSR count). The molecule has 1 aliphatic carbocycles. The first-order chi connectivity index (χ1) is 6.26. The summed E-state index contributed by atoms with van der Waals surface area (Å²) in [5.74, 6) is 2.91. The van der Waals surface area contributed by atoms with E-state index in [9.17, 15) is 4.79 Å². The first-order valence-corrected chi connectivity index (χ1v) is 6.35. The fourth-order valence-electron chi connectivity index (χ4n) is 2.40. The number of aldehydes is 1. The molecular weight excluding hydrogens is 180 g/mol. The summed E-state index contributed by atoms with van der Waals surface area (Å²) in [5.41, 5.74) is 0. The monoisotopic (exact) mass is 198 g/mol. The molecular formula is C11H18OS. The summed E-state index contributed by atoms with van der Waals surface area (Å²) in [5, 5.41) is 0. The third-order valence-electron chi connectivity index (χ3n) is 3.44. The summed E-state index contributed by atoms with van der Waals surface area (Å²) in [6.07, 6.45) is 7.52. The van der Waals surface area contributed by atoms with Crippen LogP contribution >= 0.6 is 11.8 Å². The van der Waals surface area contributed by atoms with Crippen molar-refractivity contribution in [1.82, 2.24) is 0 Å². The summed E-state index contributed by atoms with van der Waals surface area (Å²) in [7, 11) is 0. The third kappa shape index (κ3) is 2.09. The Labute approximate surface area is 84.7 Å². The maximum Gasteiger partial charge on any atom is 0.136 e. The van der Waals surface area contributed by atoms with Gasteiger partial charge in [-0.2, -0.15) is 0 Å². The molecule has 1 saturated heterocycles. The molecule has 2 unspecified atom stereocenters. The van der Waals surface area contributed by atoms with Crippen LogP contribution in [0.15, 0.2) is 0 Å². The molecule has 74 valence electrons. The molecule has 0 spiro atoms. The van der Waals surface area contributed by atoms with Crippen molar-refractivity contribution in [3.8, 4) is 0 Å². The maximum absolute atomic E-state index is 11.1. The predicted octanol–water partition coefficient (Wildman–Crippen LogP) is 2.89. The highest BCUT2D eigenvalue weighted by atomic mass is 32.2. The van der Waals surface area contributed by atoms with Gasteiger partial charge in [0.25, 0.3) is 0 Å². The molecule has 0 bridgehead atoms. The molecule has 1 nitrogen and oxygen atoms in total. The lowest BCUT2D eigenvalue weighted by Gasteiger charge is -2.24. The molecule has 2 aliphatic rings. The molecule has 0 radical (unpaired) electrons. The minimum absolute atomic E-state index is 0.0159. The molecule has 0 aromatic rings. The zero-order chi connectivity index (χ0) is 9.31. The van der Waals surface area contributed by atoms with Crippen molar-refractivity contribution in [2.24, 2.45) is 11.8 Å². The van der Waals surface area contributed by atoms with Gasteiger partial charge in [0.2, 0.25) is 0 Å². The molecule has 13 heavy (non-hydrogen) atoms. The highest BCUT2D eigenvalue weighted by Crippen LogP contribution is 2.46. The molecule has 2 fully saturated rings. The lowest BCUT2D eigenvalue weighted by Crippen LogP contribution is -2.26. The van der Waals surface area contributed by atoms with Crippen molar-refractivity contribution in [1.29, 1.82) is 0 Å². The molecule has 2 atom stereocenters. The van der Waals surface area contributed by atoms with E-state index in [2.05, 4.69) is 6.92 Å². The van der Waals surface area contributed by atoms with E-state index in [4.69, 9.17) is 0 Å². The van der Waals surface area contributed by atoms with Crippen LogP contribution in [0.3, 0.4) is 0 Å². The van der Waals surface area contributed by atoms with Crippen LogP contribution in [0.1, 0.15) is 39.0 Å². The molecule has 1 saturated carbocycles. The average Bonchev–Trinajstić information content (AvgIpc) is 2.89. The van der Waals surface area contributed by atoms with Crippen LogP contribution < -0.4 is 0 Å². The van der Waals surface area contributed by atoms with Crippen LogP contribution in [0.25, 0.3) is 0 Å². The quantitative estimate of drug-likeness (QED) is 0.646. The predicted molar refractivity (Wildman–Crippen MR) is 57.0 cm³/mol. The summed E-state index contributed by atoms with van der Waals surface area (Å²) in [6, 6.07) is 0. The second kappa shape index (κ2) is 3.64. The summed E-state index contributed by atoms with van der Waals surface area (Å²) < 4.78 is 0.0159. The molecule has 0 aromatic carbocycles. The maximum atomic E-state index is 11.1. The van der Waals surface area contributed by atoms with E-state index >= 15 is 0 Å². The second-order valence-corrected chi connectivity index (χ2v) is 6.16. The van der Waals surface area contributed by atoms with Gasteiger partial charge in [-0.3, -0.25) is 0 Å². The van der Waals surface area contributed by atoms with E-state index in [1.165, 1.54) is 31.3 Å². The van der Waals surface area contributed by atoms with Gasteiger partial charge >= 0.3 is 0 Å². The van der Waals surface area contributed by atoms with E-state index in [-0.39, 0.29) is 4.75 Å². The van der Waals surface area contributed by atoms with Gasteiger partial charge in [0.1, 0.15) is 6.29 Å². The number of rotatable bonds is 4. The van der Waals surface area contributed by atoms with E-state index in [1.54, 1.807) is 0 Å². The summed E-state index contributed by atoms with van der Waals surface area (Å²) in [6.45, 7) is 2.32. The first-order valence-electron chi connectivity index (χ1n) is 5.36. The number of thioether (sulfide) groups is 1. The van der Waals surface area contributed by atoms with Gasteiger partial charge in [0.05, 0.1) is 4.75 Å². The van der Waals surface area contributed by atoms with Crippen molar-refractivity contribution in [2.75, 3.05) is 5.75 Å². The minimum atomic E-state index is 0.0159. The van der Waals surface area contributed by atoms with Gasteiger partial charge in [-0.05, 0) is 49.7 Å². The average molecular weight is 198 g/mol. The highest BCUT2D eigenvalue weighted by Gasteiger charge is 2.39. The Kier molecular flexibility index (Phi) is 2.68. The van der Waals surface area contributed by atoms with E-state index in [1.807, 2.05) is 11.8 Å². The van der Waals surface area contributed by atoms with Gasteiger partial charge in [-0.25, -0.2) is 0 Å². The van der Waals surface area contributed by atoms with Crippen LogP contribution in [-0.2, 0) is 4.79 Å². The fourth-order valence-corrected chi connectivity index (χ4v) is 3.83. The van der Waals surface area contributed by atoms with Gasteiger partial charge in [-0.1, -0.05) is 6.92 Å². The number of hydrogen-bond acceptors (Lipinski definition) is 2. The molecule has 0 amide bonds. The normalized spacial score (nSPS) is 36.1. The lowest BCUT2D eigenvalue weighted by molar-refractivity contribution is -0.110. The Hall–Kier alpha value is 0.0200. The summed E-state index contributed by atoms with van der Waals surface area (Å²) >= 11 is 1.90. The largest absolute Gasteiger partial charge is 0.302 e. The van der Waals surface area contributed by atoms with Gasteiger partial charge in [-0.15, -0.1) is 11.8 Å². The van der Waals surface area contributed by atoms with Crippen molar-refractivity contribution in [3.63, 3.8) is 0 Å². The Morgan fingerprint density at radius 1 is 1.62 bits per heavy atom. The Balaban J connectivity index is 1.92. The lowest BCUT2D eigenvalue weighted by atomic mass is 9.90. The van der Waals surface area contributed by atoms with Crippen molar-refractivity contribution in [3.05, 3.63) is 0 Å². The van der Waals surface area contributed by atoms with Crippen LogP contribution in [0.5, 0.6) is 0 Å². The second-order valence-electron chi connectivity index (χ2n) is 4.65. The third-order valence-corrected chi connectivity index (χ3v) is 4.98. The number of carbonyl (C=O) groups excluding carboxylic acids is 1. The van der Waals surface area contributed by atoms with Crippen LogP contribution in [0.4, 0.5) is 0 Å². The first kappa shape index (κ1) is 9.57. The number of carbonyl (C=O) groups is 1. The topological polar surface area (TPSA) is 17.1 Å². The minimum Gasteiger partial charge on any atom is -0.302 e. The van der Waals surface area contributed by atoms with Gasteiger partial charge in [0, 0.05) is 0 Å². The molecule has 0 N–H and O–H groups in total. The summed E-state index contributed by atoms with van der Waals surface area (Å²) in [4.78, 5) is 11.1. The SMILES string of the molecule is CC(CC1(C=O)CCCS1)C1CC1. The zero-order valence-electron chi connectivity index (χ0n) is 8.29. The fraction of sp³-hybridized carbons (Fsp3) is 0.909. The van der Waals surface area contributed by atoms with E-state index in [0.717, 1.165) is 24.7 Å². The van der Waals surface area contributed by atoms with E-state index in [0.29, 0.717) is 0 Å². The van der Waals surface area contributed by atoms with E-state index < -0.39 is 0 Å². The highest BCUT2D eigenvalue weighted by molar-refractivity contribution is 8.01. The molecule has 1 heterocycles. The Bertz CT molecular complexity index is 192. The van der Waals surface area contributed by atoms with Crippen LogP contribution in [0, 0.1) is 11.8 Å².